The summed E-state index contributed by atoms with van der Waals surface area (Å²) in [5.41, 5.74) is 5.69. The number of nitrogens with zero attached hydrogens (tertiary/aromatic N) is 1. The Morgan fingerprint density at radius 3 is 2.68 bits per heavy atom. The normalized spacial score (nSPS) is 19.8. The summed E-state index contributed by atoms with van der Waals surface area (Å²) < 4.78 is 4.72. The van der Waals surface area contributed by atoms with Crippen molar-refractivity contribution in [2.75, 3.05) is 12.9 Å². The Morgan fingerprint density at radius 2 is 2.12 bits per heavy atom. The van der Waals surface area contributed by atoms with E-state index in [2.05, 4.69) is 5.32 Å². The maximum absolute atomic E-state index is 12.5. The number of benzene rings is 1. The van der Waals surface area contributed by atoms with E-state index < -0.39 is 29.6 Å². The van der Waals surface area contributed by atoms with Crippen molar-refractivity contribution in [3.05, 3.63) is 45.5 Å². The summed E-state index contributed by atoms with van der Waals surface area (Å²) in [5, 5.41) is 12.6. The van der Waals surface area contributed by atoms with Crippen molar-refractivity contribution in [3.63, 3.8) is 0 Å². The van der Waals surface area contributed by atoms with Crippen molar-refractivity contribution >= 4 is 41.1 Å². The van der Waals surface area contributed by atoms with Crippen LogP contribution in [-0.2, 0) is 19.1 Å². The minimum atomic E-state index is -1.27. The van der Waals surface area contributed by atoms with Gasteiger partial charge in [0.15, 0.2) is 0 Å². The second-order valence-electron chi connectivity index (χ2n) is 5.10. The van der Waals surface area contributed by atoms with Gasteiger partial charge >= 0.3 is 5.97 Å². The number of thioether (sulfide) groups is 1. The summed E-state index contributed by atoms with van der Waals surface area (Å²) in [6.45, 7) is 0. The van der Waals surface area contributed by atoms with Gasteiger partial charge in [-0.3, -0.25) is 14.4 Å². The lowest BCUT2D eigenvalue weighted by molar-refractivity contribution is -0.150. The number of halogens is 1. The SMILES string of the molecule is COC(=O)[C@@H]1C(=O)NC(SCC(N)=O)=C(C#N)[C@H]1c1ccccc1Cl. The van der Waals surface area contributed by atoms with Crippen molar-refractivity contribution in [1.29, 1.82) is 5.26 Å². The Bertz CT molecular complexity index is 803. The first-order chi connectivity index (χ1) is 11.9. The Hall–Kier alpha value is -2.50. The molecule has 7 nitrogen and oxygen atoms in total. The lowest BCUT2D eigenvalue weighted by Gasteiger charge is -2.31. The molecule has 0 spiro atoms. The molecule has 0 unspecified atom stereocenters. The van der Waals surface area contributed by atoms with Gasteiger partial charge in [-0.05, 0) is 11.6 Å². The molecule has 2 atom stereocenters. The molecular formula is C16H14ClN3O4S. The number of hydrogen-bond donors (Lipinski definition) is 2. The number of nitrogens with one attached hydrogen (secondary N) is 1. The van der Waals surface area contributed by atoms with Gasteiger partial charge in [0.05, 0.1) is 29.5 Å². The Labute approximate surface area is 153 Å². The number of rotatable bonds is 5. The highest BCUT2D eigenvalue weighted by Crippen LogP contribution is 2.42. The molecule has 0 radical (unpaired) electrons. The molecule has 130 valence electrons. The first kappa shape index (κ1) is 18.8. The van der Waals surface area contributed by atoms with Crippen LogP contribution in [0.5, 0.6) is 0 Å². The first-order valence-corrected chi connectivity index (χ1v) is 8.45. The number of methoxy groups -OCH3 is 1. The van der Waals surface area contributed by atoms with Crippen LogP contribution in [0, 0.1) is 17.2 Å². The van der Waals surface area contributed by atoms with Crippen LogP contribution >= 0.6 is 23.4 Å². The van der Waals surface area contributed by atoms with Crippen LogP contribution in [0.1, 0.15) is 11.5 Å². The zero-order valence-electron chi connectivity index (χ0n) is 13.1. The van der Waals surface area contributed by atoms with Gasteiger partial charge in [-0.25, -0.2) is 0 Å². The van der Waals surface area contributed by atoms with Crippen molar-refractivity contribution in [3.8, 4) is 6.07 Å². The highest BCUT2D eigenvalue weighted by Gasteiger charge is 2.45. The zero-order valence-corrected chi connectivity index (χ0v) is 14.7. The second-order valence-corrected chi connectivity index (χ2v) is 6.49. The van der Waals surface area contributed by atoms with E-state index in [0.717, 1.165) is 18.9 Å². The molecule has 1 aliphatic rings. The quantitative estimate of drug-likeness (QED) is 0.587. The zero-order chi connectivity index (χ0) is 18.6. The highest BCUT2D eigenvalue weighted by atomic mass is 35.5. The molecule has 0 fully saturated rings. The summed E-state index contributed by atoms with van der Waals surface area (Å²) in [6.07, 6.45) is 0. The minimum absolute atomic E-state index is 0.120. The number of nitriles is 1. The molecule has 1 aromatic rings. The number of carbonyl (C=O) groups is 3. The Morgan fingerprint density at radius 1 is 1.44 bits per heavy atom. The Balaban J connectivity index is 2.62. The summed E-state index contributed by atoms with van der Waals surface area (Å²) in [6, 6.07) is 8.63. The number of ether oxygens (including phenoxy) is 1. The molecule has 2 amide bonds. The number of amides is 2. The number of carbonyl (C=O) groups excluding carboxylic acids is 3. The highest BCUT2D eigenvalue weighted by molar-refractivity contribution is 8.03. The summed E-state index contributed by atoms with van der Waals surface area (Å²) in [7, 11) is 1.16. The van der Waals surface area contributed by atoms with E-state index in [4.69, 9.17) is 22.1 Å². The first-order valence-electron chi connectivity index (χ1n) is 7.09. The number of allylic oxidation sites excluding steroid dienone is 1. The van der Waals surface area contributed by atoms with Gasteiger partial charge in [-0.15, -0.1) is 0 Å². The molecule has 0 aliphatic carbocycles. The molecule has 0 aromatic heterocycles. The van der Waals surface area contributed by atoms with E-state index in [-0.39, 0.29) is 16.4 Å². The van der Waals surface area contributed by atoms with E-state index in [1.165, 1.54) is 0 Å². The third-order valence-corrected chi connectivity index (χ3v) is 4.97. The summed E-state index contributed by atoms with van der Waals surface area (Å²) in [4.78, 5) is 35.7. The standard InChI is InChI=1S/C16H14ClN3O4S/c1-24-16(23)13-12(8-4-2-3-5-10(8)17)9(6-18)15(20-14(13)22)25-7-11(19)21/h2-5,12-13H,7H2,1H3,(H2,19,21)(H,20,22)/t12-,13+/m1/s1. The molecule has 3 N–H and O–H groups in total. The predicted molar refractivity (Wildman–Crippen MR) is 92.1 cm³/mol. The lowest BCUT2D eigenvalue weighted by Crippen LogP contribution is -2.44. The average molecular weight is 380 g/mol. The molecule has 25 heavy (non-hydrogen) atoms. The fourth-order valence-corrected chi connectivity index (χ4v) is 3.57. The van der Waals surface area contributed by atoms with E-state index in [1.54, 1.807) is 24.3 Å². The van der Waals surface area contributed by atoms with Gasteiger partial charge in [-0.1, -0.05) is 41.6 Å². The number of hydrogen-bond acceptors (Lipinski definition) is 6. The van der Waals surface area contributed by atoms with Crippen LogP contribution in [-0.4, -0.2) is 30.6 Å². The maximum Gasteiger partial charge on any atom is 0.319 e. The molecule has 0 saturated carbocycles. The largest absolute Gasteiger partial charge is 0.468 e. The molecule has 1 aliphatic heterocycles. The van der Waals surface area contributed by atoms with Crippen molar-refractivity contribution in [2.45, 2.75) is 5.92 Å². The third kappa shape index (κ3) is 3.95. The van der Waals surface area contributed by atoms with Gasteiger partial charge in [0.25, 0.3) is 0 Å². The maximum atomic E-state index is 12.5. The van der Waals surface area contributed by atoms with Crippen molar-refractivity contribution < 1.29 is 19.1 Å². The number of primary amides is 1. The fraction of sp³-hybridized carbons (Fsp3) is 0.250. The van der Waals surface area contributed by atoms with Crippen LogP contribution in [0.25, 0.3) is 0 Å². The molecule has 2 rings (SSSR count). The van der Waals surface area contributed by atoms with Crippen LogP contribution in [0.2, 0.25) is 5.02 Å². The number of nitrogens with two attached hydrogens (primary N) is 1. The predicted octanol–water partition coefficient (Wildman–Crippen LogP) is 1.30. The van der Waals surface area contributed by atoms with E-state index in [9.17, 15) is 19.6 Å². The number of esters is 1. The van der Waals surface area contributed by atoms with Crippen LogP contribution < -0.4 is 11.1 Å². The summed E-state index contributed by atoms with van der Waals surface area (Å²) >= 11 is 7.14. The molecule has 9 heteroatoms. The van der Waals surface area contributed by atoms with E-state index in [0.29, 0.717) is 10.6 Å². The Kier molecular flexibility index (Phi) is 6.07. The van der Waals surface area contributed by atoms with Crippen molar-refractivity contribution in [1.82, 2.24) is 5.32 Å². The van der Waals surface area contributed by atoms with E-state index in [1.807, 2.05) is 6.07 Å². The van der Waals surface area contributed by atoms with Gasteiger partial charge in [0, 0.05) is 10.9 Å². The minimum Gasteiger partial charge on any atom is -0.468 e. The van der Waals surface area contributed by atoms with Crippen LogP contribution in [0.15, 0.2) is 34.9 Å². The van der Waals surface area contributed by atoms with Gasteiger partial charge in [0.1, 0.15) is 5.92 Å². The second kappa shape index (κ2) is 8.05. The van der Waals surface area contributed by atoms with E-state index >= 15 is 0 Å². The van der Waals surface area contributed by atoms with Crippen LogP contribution in [0.3, 0.4) is 0 Å². The summed E-state index contributed by atoms with van der Waals surface area (Å²) in [5.74, 6) is -4.34. The van der Waals surface area contributed by atoms with Gasteiger partial charge in [0.2, 0.25) is 11.8 Å². The third-order valence-electron chi connectivity index (χ3n) is 3.58. The van der Waals surface area contributed by atoms with Gasteiger partial charge < -0.3 is 15.8 Å². The lowest BCUT2D eigenvalue weighted by atomic mass is 9.78. The average Bonchev–Trinajstić information content (AvgIpc) is 2.59. The molecule has 1 heterocycles. The molecule has 0 saturated heterocycles. The molecular weight excluding hydrogens is 366 g/mol. The monoisotopic (exact) mass is 379 g/mol. The topological polar surface area (TPSA) is 122 Å². The molecule has 1 aromatic carbocycles. The van der Waals surface area contributed by atoms with Gasteiger partial charge in [-0.2, -0.15) is 5.26 Å². The smallest absolute Gasteiger partial charge is 0.319 e. The van der Waals surface area contributed by atoms with Crippen molar-refractivity contribution in [2.24, 2.45) is 11.7 Å². The molecule has 0 bridgehead atoms. The van der Waals surface area contributed by atoms with Crippen LogP contribution in [0.4, 0.5) is 0 Å². The fourth-order valence-electron chi connectivity index (χ4n) is 2.53.